The van der Waals surface area contributed by atoms with Crippen molar-refractivity contribution in [1.29, 1.82) is 0 Å². The van der Waals surface area contributed by atoms with E-state index in [-0.39, 0.29) is 0 Å². The minimum absolute atomic E-state index is 0.346. The number of rotatable bonds is 2. The van der Waals surface area contributed by atoms with Crippen molar-refractivity contribution in [2.45, 2.75) is 45.6 Å². The van der Waals surface area contributed by atoms with Gasteiger partial charge in [0, 0.05) is 5.02 Å². The summed E-state index contributed by atoms with van der Waals surface area (Å²) in [5, 5.41) is 11.2. The molecule has 0 unspecified atom stereocenters. The van der Waals surface area contributed by atoms with Crippen LogP contribution in [0.15, 0.2) is 24.3 Å². The Kier molecular flexibility index (Phi) is 3.79. The van der Waals surface area contributed by atoms with Crippen LogP contribution in [-0.2, 0) is 0 Å². The number of halogens is 1. The van der Waals surface area contributed by atoms with E-state index in [2.05, 4.69) is 13.8 Å². The third kappa shape index (κ3) is 3.02. The Morgan fingerprint density at radius 3 is 2.71 bits per heavy atom. The second-order valence-electron chi connectivity index (χ2n) is 5.99. The lowest BCUT2D eigenvalue weighted by Crippen LogP contribution is -2.26. The zero-order valence-electron chi connectivity index (χ0n) is 10.6. The number of benzene rings is 1. The molecule has 1 aromatic rings. The van der Waals surface area contributed by atoms with Crippen LogP contribution in [-0.4, -0.2) is 5.11 Å². The van der Waals surface area contributed by atoms with Crippen LogP contribution >= 0.6 is 11.6 Å². The Morgan fingerprint density at radius 1 is 1.35 bits per heavy atom. The predicted octanol–water partition coefficient (Wildman–Crippen LogP) is 4.59. The van der Waals surface area contributed by atoms with Gasteiger partial charge in [-0.15, -0.1) is 0 Å². The van der Waals surface area contributed by atoms with Gasteiger partial charge < -0.3 is 5.11 Å². The number of hydrogen-bond acceptors (Lipinski definition) is 1. The standard InChI is InChI=1S/C15H21ClO/c1-15(2)9-5-6-11(10-15)14(17)12-7-3-4-8-13(12)16/h3-4,7-8,11,14,17H,5-6,9-10H2,1-2H3/t11-,14+/m0/s1. The molecule has 1 aromatic carbocycles. The molecule has 1 aliphatic rings. The average molecular weight is 253 g/mol. The van der Waals surface area contributed by atoms with Crippen molar-refractivity contribution in [2.24, 2.45) is 11.3 Å². The second-order valence-corrected chi connectivity index (χ2v) is 6.39. The zero-order chi connectivity index (χ0) is 12.5. The van der Waals surface area contributed by atoms with E-state index in [9.17, 15) is 5.11 Å². The van der Waals surface area contributed by atoms with Crippen LogP contribution < -0.4 is 0 Å². The summed E-state index contributed by atoms with van der Waals surface area (Å²) < 4.78 is 0. The smallest absolute Gasteiger partial charge is 0.0832 e. The molecule has 0 aromatic heterocycles. The first-order chi connectivity index (χ1) is 7.99. The molecule has 0 bridgehead atoms. The van der Waals surface area contributed by atoms with Crippen LogP contribution in [0.4, 0.5) is 0 Å². The van der Waals surface area contributed by atoms with Gasteiger partial charge in [0.25, 0.3) is 0 Å². The first-order valence-electron chi connectivity index (χ1n) is 6.42. The highest BCUT2D eigenvalue weighted by Gasteiger charge is 2.33. The quantitative estimate of drug-likeness (QED) is 0.816. The van der Waals surface area contributed by atoms with Gasteiger partial charge in [-0.05, 0) is 42.2 Å². The van der Waals surface area contributed by atoms with Crippen LogP contribution in [0.3, 0.4) is 0 Å². The molecule has 0 spiro atoms. The normalized spacial score (nSPS) is 25.5. The van der Waals surface area contributed by atoms with E-state index in [0.29, 0.717) is 16.4 Å². The van der Waals surface area contributed by atoms with Crippen LogP contribution in [0, 0.1) is 11.3 Å². The van der Waals surface area contributed by atoms with Gasteiger partial charge in [0.2, 0.25) is 0 Å². The van der Waals surface area contributed by atoms with E-state index in [0.717, 1.165) is 18.4 Å². The number of hydrogen-bond donors (Lipinski definition) is 1. The third-order valence-corrected chi connectivity index (χ3v) is 4.26. The maximum atomic E-state index is 10.5. The lowest BCUT2D eigenvalue weighted by Gasteiger charge is -2.37. The molecular formula is C15H21ClO. The van der Waals surface area contributed by atoms with Crippen molar-refractivity contribution in [3.05, 3.63) is 34.9 Å². The maximum absolute atomic E-state index is 10.5. The van der Waals surface area contributed by atoms with Gasteiger partial charge in [0.1, 0.15) is 0 Å². The minimum Gasteiger partial charge on any atom is -0.388 e. The molecule has 1 nitrogen and oxygen atoms in total. The van der Waals surface area contributed by atoms with Gasteiger partial charge in [-0.3, -0.25) is 0 Å². The fourth-order valence-electron chi connectivity index (χ4n) is 3.00. The van der Waals surface area contributed by atoms with Crippen LogP contribution in [0.1, 0.15) is 51.2 Å². The molecule has 1 aliphatic carbocycles. The summed E-state index contributed by atoms with van der Waals surface area (Å²) in [4.78, 5) is 0. The molecule has 1 N–H and O–H groups in total. The van der Waals surface area contributed by atoms with E-state index < -0.39 is 6.10 Å². The highest BCUT2D eigenvalue weighted by atomic mass is 35.5. The van der Waals surface area contributed by atoms with Crippen LogP contribution in [0.5, 0.6) is 0 Å². The van der Waals surface area contributed by atoms with Gasteiger partial charge in [-0.2, -0.15) is 0 Å². The lowest BCUT2D eigenvalue weighted by atomic mass is 9.70. The zero-order valence-corrected chi connectivity index (χ0v) is 11.4. The summed E-state index contributed by atoms with van der Waals surface area (Å²) in [6.07, 6.45) is 4.25. The molecule has 2 atom stereocenters. The van der Waals surface area contributed by atoms with Crippen molar-refractivity contribution in [3.8, 4) is 0 Å². The van der Waals surface area contributed by atoms with Crippen LogP contribution in [0.2, 0.25) is 5.02 Å². The van der Waals surface area contributed by atoms with E-state index in [1.807, 2.05) is 24.3 Å². The molecule has 1 saturated carbocycles. The van der Waals surface area contributed by atoms with Crippen molar-refractivity contribution in [3.63, 3.8) is 0 Å². The number of aliphatic hydroxyl groups excluding tert-OH is 1. The number of aliphatic hydroxyl groups is 1. The van der Waals surface area contributed by atoms with E-state index >= 15 is 0 Å². The van der Waals surface area contributed by atoms with Gasteiger partial charge in [-0.1, -0.05) is 50.1 Å². The Bertz CT molecular complexity index is 386. The molecule has 0 radical (unpaired) electrons. The highest BCUT2D eigenvalue weighted by Crippen LogP contribution is 2.44. The van der Waals surface area contributed by atoms with Crippen molar-refractivity contribution >= 4 is 11.6 Å². The van der Waals surface area contributed by atoms with Crippen molar-refractivity contribution < 1.29 is 5.11 Å². The Morgan fingerprint density at radius 2 is 2.06 bits per heavy atom. The molecule has 2 rings (SSSR count). The SMILES string of the molecule is CC1(C)CCC[C@H]([C@@H](O)c2ccccc2Cl)C1. The average Bonchev–Trinajstić information content (AvgIpc) is 2.27. The van der Waals surface area contributed by atoms with E-state index in [4.69, 9.17) is 11.6 Å². The van der Waals surface area contributed by atoms with Gasteiger partial charge in [0.15, 0.2) is 0 Å². The van der Waals surface area contributed by atoms with E-state index in [1.165, 1.54) is 12.8 Å². The third-order valence-electron chi connectivity index (χ3n) is 3.91. The summed E-state index contributed by atoms with van der Waals surface area (Å²) in [6.45, 7) is 4.58. The van der Waals surface area contributed by atoms with E-state index in [1.54, 1.807) is 0 Å². The van der Waals surface area contributed by atoms with Crippen molar-refractivity contribution in [1.82, 2.24) is 0 Å². The van der Waals surface area contributed by atoms with Gasteiger partial charge >= 0.3 is 0 Å². The first kappa shape index (κ1) is 12.9. The molecule has 2 heteroatoms. The topological polar surface area (TPSA) is 20.2 Å². The van der Waals surface area contributed by atoms with Gasteiger partial charge in [0.05, 0.1) is 6.10 Å². The predicted molar refractivity (Wildman–Crippen MR) is 72.2 cm³/mol. The summed E-state index contributed by atoms with van der Waals surface area (Å²) in [5.41, 5.74) is 1.24. The monoisotopic (exact) mass is 252 g/mol. The summed E-state index contributed by atoms with van der Waals surface area (Å²) >= 11 is 6.15. The fraction of sp³-hybridized carbons (Fsp3) is 0.600. The van der Waals surface area contributed by atoms with Crippen LogP contribution in [0.25, 0.3) is 0 Å². The summed E-state index contributed by atoms with van der Waals surface area (Å²) in [6, 6.07) is 7.64. The van der Waals surface area contributed by atoms with Crippen molar-refractivity contribution in [2.75, 3.05) is 0 Å². The first-order valence-corrected chi connectivity index (χ1v) is 6.80. The largest absolute Gasteiger partial charge is 0.388 e. The Hall–Kier alpha value is -0.530. The Labute approximate surface area is 109 Å². The lowest BCUT2D eigenvalue weighted by molar-refractivity contribution is 0.0460. The summed E-state index contributed by atoms with van der Waals surface area (Å²) in [7, 11) is 0. The molecule has 0 saturated heterocycles. The second kappa shape index (κ2) is 4.99. The van der Waals surface area contributed by atoms with Gasteiger partial charge in [-0.25, -0.2) is 0 Å². The highest BCUT2D eigenvalue weighted by molar-refractivity contribution is 6.31. The summed E-state index contributed by atoms with van der Waals surface area (Å²) in [5.74, 6) is 0.346. The molecule has 17 heavy (non-hydrogen) atoms. The maximum Gasteiger partial charge on any atom is 0.0832 e. The molecular weight excluding hydrogens is 232 g/mol. The minimum atomic E-state index is -0.414. The molecule has 0 aliphatic heterocycles. The molecule has 0 amide bonds. The molecule has 94 valence electrons. The molecule has 0 heterocycles. The Balaban J connectivity index is 2.15. The molecule has 1 fully saturated rings. The fourth-order valence-corrected chi connectivity index (χ4v) is 3.24.